The van der Waals surface area contributed by atoms with E-state index in [1.165, 1.54) is 11.3 Å². The Morgan fingerprint density at radius 2 is 2.06 bits per heavy atom. The molecule has 18 heavy (non-hydrogen) atoms. The Bertz CT molecular complexity index is 578. The highest BCUT2D eigenvalue weighted by atomic mass is 32.1. The van der Waals surface area contributed by atoms with E-state index in [1.807, 2.05) is 19.1 Å². The third-order valence-corrected chi connectivity index (χ3v) is 3.43. The highest BCUT2D eigenvalue weighted by molar-refractivity contribution is 7.13. The van der Waals surface area contributed by atoms with Crippen LogP contribution >= 0.6 is 11.3 Å². The number of aromatic nitrogens is 1. The van der Waals surface area contributed by atoms with Crippen LogP contribution in [0, 0.1) is 6.92 Å². The highest BCUT2D eigenvalue weighted by Crippen LogP contribution is 2.36. The summed E-state index contributed by atoms with van der Waals surface area (Å²) in [5.41, 5.74) is 1.41. The molecule has 0 aliphatic heterocycles. The first kappa shape index (κ1) is 12.6. The highest BCUT2D eigenvalue weighted by Gasteiger charge is 2.15. The normalized spacial score (nSPS) is 10.2. The van der Waals surface area contributed by atoms with Gasteiger partial charge in [0.1, 0.15) is 11.5 Å². The molecule has 0 atom stereocenters. The van der Waals surface area contributed by atoms with E-state index in [2.05, 4.69) is 4.98 Å². The average Bonchev–Trinajstić information content (AvgIpc) is 2.79. The number of methoxy groups -OCH3 is 2. The Morgan fingerprint density at radius 1 is 1.28 bits per heavy atom. The number of thiazole rings is 1. The molecule has 0 saturated heterocycles. The molecule has 0 aliphatic carbocycles. The van der Waals surface area contributed by atoms with Crippen LogP contribution in [0.25, 0.3) is 11.3 Å². The number of aryl methyl sites for hydroxylation is 1. The summed E-state index contributed by atoms with van der Waals surface area (Å²) in [6.45, 7) is 1.87. The van der Waals surface area contributed by atoms with Crippen LogP contribution in [0.3, 0.4) is 0 Å². The van der Waals surface area contributed by atoms with Crippen molar-refractivity contribution < 1.29 is 14.3 Å². The molecule has 5 heteroatoms. The van der Waals surface area contributed by atoms with Crippen LogP contribution in [0.4, 0.5) is 0 Å². The molecule has 0 spiro atoms. The molecule has 0 aliphatic rings. The van der Waals surface area contributed by atoms with E-state index in [0.29, 0.717) is 22.1 Å². The summed E-state index contributed by atoms with van der Waals surface area (Å²) in [4.78, 5) is 16.1. The van der Waals surface area contributed by atoms with Crippen molar-refractivity contribution in [2.75, 3.05) is 14.2 Å². The van der Waals surface area contributed by atoms with Crippen LogP contribution in [0.1, 0.15) is 14.7 Å². The molecule has 1 aromatic heterocycles. The molecule has 1 heterocycles. The standard InChI is InChI=1S/C13H13NO3S/c1-8-14-13(12(7-15)18-8)10-6-9(16-2)4-5-11(10)17-3/h4-7H,1-3H3. The third kappa shape index (κ3) is 2.22. The zero-order chi connectivity index (χ0) is 13.1. The van der Waals surface area contributed by atoms with E-state index in [9.17, 15) is 4.79 Å². The Hall–Kier alpha value is -1.88. The summed E-state index contributed by atoms with van der Waals surface area (Å²) >= 11 is 1.37. The van der Waals surface area contributed by atoms with Crippen LogP contribution in [-0.2, 0) is 0 Å². The van der Waals surface area contributed by atoms with Crippen molar-refractivity contribution in [1.29, 1.82) is 0 Å². The zero-order valence-electron chi connectivity index (χ0n) is 10.4. The van der Waals surface area contributed by atoms with Gasteiger partial charge in [-0.1, -0.05) is 0 Å². The second-order valence-corrected chi connectivity index (χ2v) is 4.86. The van der Waals surface area contributed by atoms with E-state index in [0.717, 1.165) is 16.9 Å². The minimum absolute atomic E-state index is 0.596. The number of hydrogen-bond acceptors (Lipinski definition) is 5. The van der Waals surface area contributed by atoms with Crippen molar-refractivity contribution in [3.8, 4) is 22.8 Å². The predicted molar refractivity (Wildman–Crippen MR) is 70.8 cm³/mol. The van der Waals surface area contributed by atoms with Gasteiger partial charge >= 0.3 is 0 Å². The van der Waals surface area contributed by atoms with Crippen LogP contribution in [-0.4, -0.2) is 25.5 Å². The fourth-order valence-corrected chi connectivity index (χ4v) is 2.47. The molecule has 1 aromatic carbocycles. The topological polar surface area (TPSA) is 48.4 Å². The first-order valence-electron chi connectivity index (χ1n) is 5.34. The average molecular weight is 263 g/mol. The molecular weight excluding hydrogens is 250 g/mol. The Balaban J connectivity index is 2.63. The van der Waals surface area contributed by atoms with E-state index < -0.39 is 0 Å². The maximum absolute atomic E-state index is 11.1. The lowest BCUT2D eigenvalue weighted by Crippen LogP contribution is -1.92. The summed E-state index contributed by atoms with van der Waals surface area (Å²) in [6.07, 6.45) is 0.818. The Kier molecular flexibility index (Phi) is 3.62. The van der Waals surface area contributed by atoms with Crippen molar-refractivity contribution in [2.24, 2.45) is 0 Å². The predicted octanol–water partition coefficient (Wildman–Crippen LogP) is 2.95. The number of nitrogens with zero attached hydrogens (tertiary/aromatic N) is 1. The van der Waals surface area contributed by atoms with Gasteiger partial charge in [0.25, 0.3) is 0 Å². The van der Waals surface area contributed by atoms with E-state index >= 15 is 0 Å². The van der Waals surface area contributed by atoms with Gasteiger partial charge in [-0.05, 0) is 25.1 Å². The first-order valence-corrected chi connectivity index (χ1v) is 6.16. The fourth-order valence-electron chi connectivity index (χ4n) is 1.71. The lowest BCUT2D eigenvalue weighted by molar-refractivity contribution is 0.112. The quantitative estimate of drug-likeness (QED) is 0.796. The number of ether oxygens (including phenoxy) is 2. The molecule has 0 amide bonds. The van der Waals surface area contributed by atoms with Gasteiger partial charge in [0.05, 0.1) is 29.8 Å². The SMILES string of the molecule is COc1ccc(OC)c(-c2nc(C)sc2C=O)c1. The molecule has 0 radical (unpaired) electrons. The van der Waals surface area contributed by atoms with E-state index in [1.54, 1.807) is 20.3 Å². The van der Waals surface area contributed by atoms with Crippen molar-refractivity contribution in [2.45, 2.75) is 6.92 Å². The molecule has 0 saturated carbocycles. The molecule has 94 valence electrons. The molecule has 0 N–H and O–H groups in total. The smallest absolute Gasteiger partial charge is 0.162 e. The number of hydrogen-bond donors (Lipinski definition) is 0. The number of benzene rings is 1. The minimum atomic E-state index is 0.596. The molecular formula is C13H13NO3S. The minimum Gasteiger partial charge on any atom is -0.497 e. The maximum Gasteiger partial charge on any atom is 0.162 e. The molecule has 2 aromatic rings. The first-order chi connectivity index (χ1) is 8.69. The van der Waals surface area contributed by atoms with Gasteiger partial charge in [-0.3, -0.25) is 4.79 Å². The second-order valence-electron chi connectivity index (χ2n) is 3.63. The van der Waals surface area contributed by atoms with Gasteiger partial charge in [0, 0.05) is 5.56 Å². The van der Waals surface area contributed by atoms with E-state index in [4.69, 9.17) is 9.47 Å². The lowest BCUT2D eigenvalue weighted by Gasteiger charge is -2.09. The van der Waals surface area contributed by atoms with Crippen molar-refractivity contribution >= 4 is 17.6 Å². The molecule has 0 unspecified atom stereocenters. The van der Waals surface area contributed by atoms with Crippen LogP contribution in [0.5, 0.6) is 11.5 Å². The Labute approximate surface area is 109 Å². The second kappa shape index (κ2) is 5.18. The fraction of sp³-hybridized carbons (Fsp3) is 0.231. The Morgan fingerprint density at radius 3 is 2.67 bits per heavy atom. The summed E-state index contributed by atoms with van der Waals surface area (Å²) < 4.78 is 10.5. The van der Waals surface area contributed by atoms with Crippen LogP contribution in [0.15, 0.2) is 18.2 Å². The summed E-state index contributed by atoms with van der Waals surface area (Å²) in [6, 6.07) is 5.43. The summed E-state index contributed by atoms with van der Waals surface area (Å²) in [5, 5.41) is 0.844. The lowest BCUT2D eigenvalue weighted by atomic mass is 10.1. The van der Waals surface area contributed by atoms with Gasteiger partial charge in [-0.15, -0.1) is 11.3 Å². The van der Waals surface area contributed by atoms with Crippen molar-refractivity contribution in [1.82, 2.24) is 4.98 Å². The van der Waals surface area contributed by atoms with E-state index in [-0.39, 0.29) is 0 Å². The molecule has 0 fully saturated rings. The molecule has 4 nitrogen and oxygen atoms in total. The van der Waals surface area contributed by atoms with Gasteiger partial charge in [-0.25, -0.2) is 4.98 Å². The van der Waals surface area contributed by atoms with Crippen molar-refractivity contribution in [3.63, 3.8) is 0 Å². The summed E-state index contributed by atoms with van der Waals surface area (Å²) in [7, 11) is 3.18. The summed E-state index contributed by atoms with van der Waals surface area (Å²) in [5.74, 6) is 1.37. The van der Waals surface area contributed by atoms with Gasteiger partial charge in [-0.2, -0.15) is 0 Å². The third-order valence-electron chi connectivity index (χ3n) is 2.53. The van der Waals surface area contributed by atoms with Crippen molar-refractivity contribution in [3.05, 3.63) is 28.1 Å². The number of aldehydes is 1. The van der Waals surface area contributed by atoms with Gasteiger partial charge in [0.15, 0.2) is 6.29 Å². The van der Waals surface area contributed by atoms with Crippen LogP contribution in [0.2, 0.25) is 0 Å². The monoisotopic (exact) mass is 263 g/mol. The zero-order valence-corrected chi connectivity index (χ0v) is 11.2. The maximum atomic E-state index is 11.1. The molecule has 2 rings (SSSR count). The van der Waals surface area contributed by atoms with Gasteiger partial charge in [0.2, 0.25) is 0 Å². The molecule has 0 bridgehead atoms. The number of carbonyl (C=O) groups is 1. The van der Waals surface area contributed by atoms with Crippen LogP contribution < -0.4 is 9.47 Å². The largest absolute Gasteiger partial charge is 0.497 e. The number of rotatable bonds is 4. The number of carbonyl (C=O) groups excluding carboxylic acids is 1. The van der Waals surface area contributed by atoms with Gasteiger partial charge < -0.3 is 9.47 Å².